The van der Waals surface area contributed by atoms with E-state index < -0.39 is 9.84 Å². The van der Waals surface area contributed by atoms with E-state index in [9.17, 15) is 13.2 Å². The Hall–Kier alpha value is -1.57. The number of amides is 2. The van der Waals surface area contributed by atoms with Gasteiger partial charge in [0.2, 0.25) is 0 Å². The SMILES string of the molecule is CC(C)CS(=O)(=O)CCNC(=O)N1CCCC[C@H]1CCn1cccn1. The van der Waals surface area contributed by atoms with Gasteiger partial charge >= 0.3 is 6.03 Å². The summed E-state index contributed by atoms with van der Waals surface area (Å²) >= 11 is 0. The molecule has 0 aliphatic carbocycles. The molecule has 1 aliphatic rings. The highest BCUT2D eigenvalue weighted by Gasteiger charge is 2.26. The van der Waals surface area contributed by atoms with Crippen LogP contribution in [0.3, 0.4) is 0 Å². The summed E-state index contributed by atoms with van der Waals surface area (Å²) in [7, 11) is -3.11. The normalized spacial score (nSPS) is 18.5. The number of rotatable bonds is 8. The summed E-state index contributed by atoms with van der Waals surface area (Å²) < 4.78 is 25.7. The standard InChI is InChI=1S/C17H30N4O3S/c1-15(2)14-25(23,24)13-9-18-17(22)21-11-4-3-6-16(21)7-12-20-10-5-8-19-20/h5,8,10,15-16H,3-4,6-7,9,11-14H2,1-2H3,(H,18,22)/t16-/m0/s1. The number of hydrogen-bond acceptors (Lipinski definition) is 4. The summed E-state index contributed by atoms with van der Waals surface area (Å²) in [5.41, 5.74) is 0. The van der Waals surface area contributed by atoms with E-state index in [-0.39, 0.29) is 36.0 Å². The molecular weight excluding hydrogens is 340 g/mol. The zero-order valence-electron chi connectivity index (χ0n) is 15.2. The van der Waals surface area contributed by atoms with Crippen LogP contribution in [0.4, 0.5) is 4.79 Å². The number of piperidine rings is 1. The number of nitrogens with one attached hydrogen (secondary N) is 1. The lowest BCUT2D eigenvalue weighted by Crippen LogP contribution is -2.49. The summed E-state index contributed by atoms with van der Waals surface area (Å²) in [6, 6.07) is 1.93. The number of aryl methyl sites for hydroxylation is 1. The molecule has 25 heavy (non-hydrogen) atoms. The predicted molar refractivity (Wildman–Crippen MR) is 98.1 cm³/mol. The molecule has 1 aromatic heterocycles. The van der Waals surface area contributed by atoms with Gasteiger partial charge in [-0.05, 0) is 37.7 Å². The summed E-state index contributed by atoms with van der Waals surface area (Å²) in [4.78, 5) is 14.3. The molecule has 2 heterocycles. The molecule has 0 spiro atoms. The van der Waals surface area contributed by atoms with Crippen LogP contribution >= 0.6 is 0 Å². The van der Waals surface area contributed by atoms with Crippen molar-refractivity contribution in [3.05, 3.63) is 18.5 Å². The Kier molecular flexibility index (Phi) is 7.28. The van der Waals surface area contributed by atoms with E-state index in [0.717, 1.165) is 38.8 Å². The lowest BCUT2D eigenvalue weighted by Gasteiger charge is -2.35. The molecule has 1 N–H and O–H groups in total. The monoisotopic (exact) mass is 370 g/mol. The number of likely N-dealkylation sites (tertiary alicyclic amines) is 1. The minimum Gasteiger partial charge on any atom is -0.337 e. The van der Waals surface area contributed by atoms with Gasteiger partial charge in [0.1, 0.15) is 0 Å². The smallest absolute Gasteiger partial charge is 0.317 e. The van der Waals surface area contributed by atoms with E-state index in [1.165, 1.54) is 0 Å². The Labute approximate surface area is 150 Å². The van der Waals surface area contributed by atoms with Crippen LogP contribution < -0.4 is 5.32 Å². The van der Waals surface area contributed by atoms with Crippen LogP contribution in [-0.2, 0) is 16.4 Å². The molecule has 2 rings (SSSR count). The van der Waals surface area contributed by atoms with Gasteiger partial charge in [-0.3, -0.25) is 4.68 Å². The summed E-state index contributed by atoms with van der Waals surface area (Å²) in [6.45, 7) is 5.46. The summed E-state index contributed by atoms with van der Waals surface area (Å²) in [5.74, 6) is 0.274. The van der Waals surface area contributed by atoms with Gasteiger partial charge in [0, 0.05) is 38.1 Å². The third-order valence-electron chi connectivity index (χ3n) is 4.42. The molecule has 2 amide bonds. The fraction of sp³-hybridized carbons (Fsp3) is 0.765. The highest BCUT2D eigenvalue weighted by Crippen LogP contribution is 2.20. The molecule has 1 fully saturated rings. The molecule has 0 aromatic carbocycles. The molecule has 1 aliphatic heterocycles. The molecule has 0 saturated carbocycles. The van der Waals surface area contributed by atoms with E-state index in [1.807, 2.05) is 35.7 Å². The van der Waals surface area contributed by atoms with E-state index >= 15 is 0 Å². The van der Waals surface area contributed by atoms with Crippen LogP contribution in [0.25, 0.3) is 0 Å². The third-order valence-corrected chi connectivity index (χ3v) is 6.42. The topological polar surface area (TPSA) is 84.3 Å². The Morgan fingerprint density at radius 2 is 2.16 bits per heavy atom. The minimum absolute atomic E-state index is 0.00269. The zero-order valence-corrected chi connectivity index (χ0v) is 16.0. The van der Waals surface area contributed by atoms with Crippen LogP contribution in [0.5, 0.6) is 0 Å². The van der Waals surface area contributed by atoms with Crippen molar-refractivity contribution >= 4 is 15.9 Å². The van der Waals surface area contributed by atoms with Crippen molar-refractivity contribution in [2.75, 3.05) is 24.6 Å². The molecule has 8 heteroatoms. The third kappa shape index (κ3) is 6.68. The van der Waals surface area contributed by atoms with Crippen molar-refractivity contribution < 1.29 is 13.2 Å². The van der Waals surface area contributed by atoms with Crippen molar-refractivity contribution in [3.63, 3.8) is 0 Å². The van der Waals surface area contributed by atoms with Crippen LogP contribution in [0, 0.1) is 5.92 Å². The van der Waals surface area contributed by atoms with Crippen molar-refractivity contribution in [1.29, 1.82) is 0 Å². The molecule has 142 valence electrons. The molecule has 1 saturated heterocycles. The average molecular weight is 371 g/mol. The first-order valence-corrected chi connectivity index (χ1v) is 10.9. The molecule has 0 unspecified atom stereocenters. The van der Waals surface area contributed by atoms with Crippen molar-refractivity contribution in [2.24, 2.45) is 5.92 Å². The fourth-order valence-electron chi connectivity index (χ4n) is 3.29. The molecule has 0 bridgehead atoms. The molecular formula is C17H30N4O3S. The van der Waals surface area contributed by atoms with Gasteiger partial charge in [0.15, 0.2) is 9.84 Å². The molecule has 0 radical (unpaired) electrons. The number of carbonyl (C=O) groups excluding carboxylic acids is 1. The number of urea groups is 1. The number of hydrogen-bond donors (Lipinski definition) is 1. The van der Waals surface area contributed by atoms with E-state index in [4.69, 9.17) is 0 Å². The molecule has 1 atom stereocenters. The van der Waals surface area contributed by atoms with Gasteiger partial charge in [-0.2, -0.15) is 5.10 Å². The van der Waals surface area contributed by atoms with E-state index in [2.05, 4.69) is 10.4 Å². The second kappa shape index (κ2) is 9.22. The van der Waals surface area contributed by atoms with Crippen molar-refractivity contribution in [3.8, 4) is 0 Å². The zero-order chi connectivity index (χ0) is 18.3. The lowest BCUT2D eigenvalue weighted by molar-refractivity contribution is 0.144. The maximum atomic E-state index is 12.5. The Morgan fingerprint density at radius 3 is 2.84 bits per heavy atom. The van der Waals surface area contributed by atoms with Gasteiger partial charge < -0.3 is 10.2 Å². The number of carbonyl (C=O) groups is 1. The number of sulfone groups is 1. The summed E-state index contributed by atoms with van der Waals surface area (Å²) in [5, 5.41) is 6.99. The first kappa shape index (κ1) is 19.8. The molecule has 1 aromatic rings. The molecule has 7 nitrogen and oxygen atoms in total. The predicted octanol–water partition coefficient (Wildman–Crippen LogP) is 1.91. The second-order valence-corrected chi connectivity index (χ2v) is 9.37. The van der Waals surface area contributed by atoms with Crippen molar-refractivity contribution in [1.82, 2.24) is 20.0 Å². The Bertz CT molecular complexity index is 628. The Morgan fingerprint density at radius 1 is 1.36 bits per heavy atom. The number of aromatic nitrogens is 2. The Balaban J connectivity index is 1.81. The number of nitrogens with zero attached hydrogens (tertiary/aromatic N) is 3. The maximum absolute atomic E-state index is 12.5. The highest BCUT2D eigenvalue weighted by molar-refractivity contribution is 7.91. The van der Waals surface area contributed by atoms with Gasteiger partial charge in [-0.1, -0.05) is 13.8 Å². The highest BCUT2D eigenvalue weighted by atomic mass is 32.2. The first-order chi connectivity index (χ1) is 11.9. The van der Waals surface area contributed by atoms with Gasteiger partial charge in [-0.15, -0.1) is 0 Å². The van der Waals surface area contributed by atoms with Crippen LogP contribution in [0.2, 0.25) is 0 Å². The minimum atomic E-state index is -3.11. The van der Waals surface area contributed by atoms with E-state index in [0.29, 0.717) is 0 Å². The van der Waals surface area contributed by atoms with Crippen molar-refractivity contribution in [2.45, 2.75) is 52.1 Å². The van der Waals surface area contributed by atoms with E-state index in [1.54, 1.807) is 6.20 Å². The average Bonchev–Trinajstić information content (AvgIpc) is 3.05. The fourth-order valence-corrected chi connectivity index (χ4v) is 4.88. The lowest BCUT2D eigenvalue weighted by atomic mass is 10.00. The summed E-state index contributed by atoms with van der Waals surface area (Å²) in [6.07, 6.45) is 7.64. The van der Waals surface area contributed by atoms with Gasteiger partial charge in [0.25, 0.3) is 0 Å². The largest absolute Gasteiger partial charge is 0.337 e. The first-order valence-electron chi connectivity index (χ1n) is 9.10. The second-order valence-electron chi connectivity index (χ2n) is 7.14. The quantitative estimate of drug-likeness (QED) is 0.757. The van der Waals surface area contributed by atoms with Gasteiger partial charge in [0.05, 0.1) is 11.5 Å². The van der Waals surface area contributed by atoms with Gasteiger partial charge in [-0.25, -0.2) is 13.2 Å². The maximum Gasteiger partial charge on any atom is 0.317 e. The van der Waals surface area contributed by atoms with Crippen LogP contribution in [-0.4, -0.2) is 59.8 Å². The van der Waals surface area contributed by atoms with Crippen LogP contribution in [0.1, 0.15) is 39.5 Å². The van der Waals surface area contributed by atoms with Crippen LogP contribution in [0.15, 0.2) is 18.5 Å².